The average molecular weight is 460 g/mol. The fraction of sp³-hybridized carbons (Fsp3) is 0.211. The van der Waals surface area contributed by atoms with E-state index in [1.165, 1.54) is 68.7 Å². The van der Waals surface area contributed by atoms with Gasteiger partial charge in [0, 0.05) is 22.7 Å². The second-order valence-corrected chi connectivity index (χ2v) is 9.01. The van der Waals surface area contributed by atoms with E-state index in [1.54, 1.807) is 0 Å². The summed E-state index contributed by atoms with van der Waals surface area (Å²) in [5, 5.41) is 2.60. The second kappa shape index (κ2) is 9.90. The first-order chi connectivity index (χ1) is 14.0. The zero-order chi connectivity index (χ0) is 22.4. The molecule has 0 aliphatic rings. The van der Waals surface area contributed by atoms with Crippen LogP contribution in [0.15, 0.2) is 53.4 Å². The second-order valence-electron chi connectivity index (χ2n) is 5.86. The van der Waals surface area contributed by atoms with Crippen molar-refractivity contribution in [1.29, 1.82) is 0 Å². The Hall–Kier alpha value is -2.66. The predicted molar refractivity (Wildman–Crippen MR) is 112 cm³/mol. The van der Waals surface area contributed by atoms with E-state index < -0.39 is 21.4 Å². The number of nitrogens with one attached hydrogen (secondary N) is 2. The highest BCUT2D eigenvalue weighted by molar-refractivity contribution is 8.00. The molecule has 2 rings (SSSR count). The van der Waals surface area contributed by atoms with Crippen molar-refractivity contribution < 1.29 is 31.1 Å². The lowest BCUT2D eigenvalue weighted by Crippen LogP contribution is -2.15. The first kappa shape index (κ1) is 23.6. The molecule has 6 nitrogen and oxygen atoms in total. The number of hydrogen-bond acceptors (Lipinski definition) is 5. The van der Waals surface area contributed by atoms with Crippen molar-refractivity contribution in [2.75, 3.05) is 22.9 Å². The first-order valence-corrected chi connectivity index (χ1v) is 11.0. The standard InChI is InChI=1S/C19H19F3N2O4S2/c1-3-30(26,27)24-16-10-7-14(12-17(16)28-2)23-18(25)11-6-13-4-8-15(9-5-13)29-19(20,21)22/h4-12,24H,3H2,1-2H3,(H,23,25). The Kier molecular flexibility index (Phi) is 7.79. The zero-order valence-corrected chi connectivity index (χ0v) is 17.6. The number of rotatable bonds is 8. The van der Waals surface area contributed by atoms with Crippen molar-refractivity contribution in [3.8, 4) is 5.75 Å². The van der Waals surface area contributed by atoms with E-state index in [2.05, 4.69) is 10.0 Å². The van der Waals surface area contributed by atoms with Gasteiger partial charge in [-0.05, 0) is 54.6 Å². The number of benzene rings is 2. The van der Waals surface area contributed by atoms with Gasteiger partial charge in [0.1, 0.15) is 5.75 Å². The number of methoxy groups -OCH3 is 1. The van der Waals surface area contributed by atoms with E-state index in [9.17, 15) is 26.4 Å². The molecule has 0 aliphatic carbocycles. The van der Waals surface area contributed by atoms with E-state index >= 15 is 0 Å². The van der Waals surface area contributed by atoms with Crippen molar-refractivity contribution >= 4 is 45.1 Å². The molecule has 2 aromatic carbocycles. The minimum absolute atomic E-state index is 0.0509. The van der Waals surface area contributed by atoms with Crippen LogP contribution in [0.4, 0.5) is 24.5 Å². The molecule has 0 aromatic heterocycles. The zero-order valence-electron chi connectivity index (χ0n) is 16.0. The van der Waals surface area contributed by atoms with Gasteiger partial charge in [-0.25, -0.2) is 8.42 Å². The average Bonchev–Trinajstić information content (AvgIpc) is 2.67. The lowest BCUT2D eigenvalue weighted by molar-refractivity contribution is -0.111. The Morgan fingerprint density at radius 1 is 1.17 bits per heavy atom. The van der Waals surface area contributed by atoms with Gasteiger partial charge < -0.3 is 10.1 Å². The van der Waals surface area contributed by atoms with Gasteiger partial charge in [-0.1, -0.05) is 12.1 Å². The van der Waals surface area contributed by atoms with Gasteiger partial charge in [0.2, 0.25) is 15.9 Å². The van der Waals surface area contributed by atoms with Gasteiger partial charge in [-0.2, -0.15) is 13.2 Å². The molecular formula is C19H19F3N2O4S2. The van der Waals surface area contributed by atoms with Gasteiger partial charge in [-0.15, -0.1) is 0 Å². The summed E-state index contributed by atoms with van der Waals surface area (Å²) in [4.78, 5) is 12.1. The third kappa shape index (κ3) is 7.64. The molecule has 2 N–H and O–H groups in total. The highest BCUT2D eigenvalue weighted by Crippen LogP contribution is 2.36. The molecule has 162 valence electrons. The van der Waals surface area contributed by atoms with E-state index in [1.807, 2.05) is 0 Å². The molecule has 0 bridgehead atoms. The molecule has 0 saturated carbocycles. The molecule has 11 heteroatoms. The maximum Gasteiger partial charge on any atom is 0.446 e. The quantitative estimate of drug-likeness (QED) is 0.440. The van der Waals surface area contributed by atoms with E-state index in [0.29, 0.717) is 11.3 Å². The number of alkyl halides is 3. The van der Waals surface area contributed by atoms with Crippen LogP contribution in [-0.2, 0) is 14.8 Å². The van der Waals surface area contributed by atoms with Crippen LogP contribution >= 0.6 is 11.8 Å². The summed E-state index contributed by atoms with van der Waals surface area (Å²) in [6, 6.07) is 9.99. The maximum absolute atomic E-state index is 12.3. The summed E-state index contributed by atoms with van der Waals surface area (Å²) in [6.07, 6.45) is 2.68. The van der Waals surface area contributed by atoms with E-state index in [0.717, 1.165) is 0 Å². The van der Waals surface area contributed by atoms with Crippen LogP contribution in [0.1, 0.15) is 12.5 Å². The molecular weight excluding hydrogens is 441 g/mol. The van der Waals surface area contributed by atoms with E-state index in [-0.39, 0.29) is 33.8 Å². The summed E-state index contributed by atoms with van der Waals surface area (Å²) >= 11 is -0.213. The SMILES string of the molecule is CCS(=O)(=O)Nc1ccc(NC(=O)C=Cc2ccc(SC(F)(F)F)cc2)cc1OC. The number of sulfonamides is 1. The highest BCUT2D eigenvalue weighted by Gasteiger charge is 2.28. The number of amides is 1. The monoisotopic (exact) mass is 460 g/mol. The number of thioether (sulfide) groups is 1. The Morgan fingerprint density at radius 2 is 1.83 bits per heavy atom. The summed E-state index contributed by atoms with van der Waals surface area (Å²) in [6.45, 7) is 1.50. The minimum Gasteiger partial charge on any atom is -0.494 e. The lowest BCUT2D eigenvalue weighted by Gasteiger charge is -2.12. The number of carbonyl (C=O) groups excluding carboxylic acids is 1. The normalized spacial score (nSPS) is 12.0. The summed E-state index contributed by atoms with van der Waals surface area (Å²) < 4.78 is 68.0. The highest BCUT2D eigenvalue weighted by atomic mass is 32.2. The van der Waals surface area contributed by atoms with Gasteiger partial charge in [-0.3, -0.25) is 9.52 Å². The molecule has 0 heterocycles. The third-order valence-electron chi connectivity index (χ3n) is 3.66. The van der Waals surface area contributed by atoms with Crippen LogP contribution in [0, 0.1) is 0 Å². The molecule has 0 radical (unpaired) electrons. The molecule has 2 aromatic rings. The largest absolute Gasteiger partial charge is 0.494 e. The van der Waals surface area contributed by atoms with Crippen LogP contribution in [-0.4, -0.2) is 32.7 Å². The summed E-state index contributed by atoms with van der Waals surface area (Å²) in [7, 11) is -2.12. The van der Waals surface area contributed by atoms with Crippen LogP contribution in [0.3, 0.4) is 0 Å². The Balaban J connectivity index is 2.03. The van der Waals surface area contributed by atoms with Crippen molar-refractivity contribution in [3.05, 3.63) is 54.1 Å². The van der Waals surface area contributed by atoms with E-state index in [4.69, 9.17) is 4.74 Å². The number of carbonyl (C=O) groups is 1. The maximum atomic E-state index is 12.3. The molecule has 30 heavy (non-hydrogen) atoms. The summed E-state index contributed by atoms with van der Waals surface area (Å²) in [5.74, 6) is -0.353. The van der Waals surface area contributed by atoms with Crippen LogP contribution in [0.25, 0.3) is 6.08 Å². The van der Waals surface area contributed by atoms with Gasteiger partial charge in [0.15, 0.2) is 0 Å². The molecule has 0 unspecified atom stereocenters. The Labute approximate surface area is 176 Å². The fourth-order valence-electron chi connectivity index (χ4n) is 2.23. The van der Waals surface area contributed by atoms with Crippen molar-refractivity contribution in [2.24, 2.45) is 0 Å². The fourth-order valence-corrected chi connectivity index (χ4v) is 3.42. The predicted octanol–water partition coefficient (Wildman–Crippen LogP) is 4.72. The van der Waals surface area contributed by atoms with Gasteiger partial charge in [0.25, 0.3) is 0 Å². The molecule has 0 aliphatic heterocycles. The lowest BCUT2D eigenvalue weighted by atomic mass is 10.2. The molecule has 0 spiro atoms. The van der Waals surface area contributed by atoms with Crippen molar-refractivity contribution in [3.63, 3.8) is 0 Å². The Morgan fingerprint density at radius 3 is 2.40 bits per heavy atom. The third-order valence-corrected chi connectivity index (χ3v) is 5.69. The molecule has 1 amide bonds. The molecule has 0 saturated heterocycles. The number of halogens is 3. The minimum atomic E-state index is -4.36. The number of hydrogen-bond donors (Lipinski definition) is 2. The van der Waals surface area contributed by atoms with Crippen LogP contribution in [0.2, 0.25) is 0 Å². The number of anilines is 2. The van der Waals surface area contributed by atoms with Gasteiger partial charge >= 0.3 is 5.51 Å². The van der Waals surface area contributed by atoms with Gasteiger partial charge in [0.05, 0.1) is 18.6 Å². The number of ether oxygens (including phenoxy) is 1. The molecule has 0 atom stereocenters. The topological polar surface area (TPSA) is 84.5 Å². The van der Waals surface area contributed by atoms with Crippen molar-refractivity contribution in [1.82, 2.24) is 0 Å². The summed E-state index contributed by atoms with van der Waals surface area (Å²) in [5.41, 5.74) is -3.19. The Bertz CT molecular complexity index is 1020. The first-order valence-electron chi connectivity index (χ1n) is 8.55. The smallest absolute Gasteiger partial charge is 0.446 e. The van der Waals surface area contributed by atoms with Crippen LogP contribution in [0.5, 0.6) is 5.75 Å². The van der Waals surface area contributed by atoms with Crippen LogP contribution < -0.4 is 14.8 Å². The molecule has 0 fully saturated rings. The van der Waals surface area contributed by atoms with Crippen molar-refractivity contribution in [2.45, 2.75) is 17.3 Å².